The second kappa shape index (κ2) is 10.7. The summed E-state index contributed by atoms with van der Waals surface area (Å²) < 4.78 is 13.0. The predicted octanol–water partition coefficient (Wildman–Crippen LogP) is 6.14. The molecule has 34 heavy (non-hydrogen) atoms. The van der Waals surface area contributed by atoms with Crippen LogP contribution in [0.5, 0.6) is 0 Å². The van der Waals surface area contributed by atoms with E-state index in [2.05, 4.69) is 39.1 Å². The maximum Gasteiger partial charge on any atom is 0.262 e. The van der Waals surface area contributed by atoms with Crippen LogP contribution in [0.3, 0.4) is 0 Å². The predicted molar refractivity (Wildman–Crippen MR) is 131 cm³/mol. The summed E-state index contributed by atoms with van der Waals surface area (Å²) in [5.74, 6) is 1.08. The number of aryl methyl sites for hydroxylation is 1. The van der Waals surface area contributed by atoms with Crippen molar-refractivity contribution in [3.8, 4) is 34.1 Å². The molecule has 7 nitrogen and oxygen atoms in total. The van der Waals surface area contributed by atoms with Crippen LogP contribution in [0.1, 0.15) is 56.6 Å². The second-order valence-electron chi connectivity index (χ2n) is 8.95. The molecule has 0 bridgehead atoms. The molecule has 7 heteroatoms. The second-order valence-corrected chi connectivity index (χ2v) is 8.95. The van der Waals surface area contributed by atoms with Gasteiger partial charge in [0.15, 0.2) is 0 Å². The monoisotopic (exact) mass is 457 g/mol. The van der Waals surface area contributed by atoms with Crippen LogP contribution in [0, 0.1) is 0 Å². The van der Waals surface area contributed by atoms with Crippen LogP contribution in [0.15, 0.2) is 59.5 Å². The van der Waals surface area contributed by atoms with E-state index in [4.69, 9.17) is 19.3 Å². The minimum absolute atomic E-state index is 0.393. The van der Waals surface area contributed by atoms with Crippen LogP contribution in [0.4, 0.5) is 0 Å². The van der Waals surface area contributed by atoms with Crippen LogP contribution < -0.4 is 0 Å². The van der Waals surface area contributed by atoms with Gasteiger partial charge in [0.25, 0.3) is 5.89 Å². The van der Waals surface area contributed by atoms with E-state index in [1.54, 1.807) is 7.11 Å². The van der Waals surface area contributed by atoms with E-state index in [0.29, 0.717) is 17.8 Å². The molecule has 0 saturated heterocycles. The number of methoxy groups -OCH3 is 1. The van der Waals surface area contributed by atoms with Gasteiger partial charge in [-0.15, -0.1) is 0 Å². The SMILES string of the molecule is COCCCCc1ccc(-c2noc(-c3cnn(C4CCCCC4)c3-c3ccncc3)n2)cc1. The zero-order chi connectivity index (χ0) is 23.2. The van der Waals surface area contributed by atoms with Crippen molar-refractivity contribution in [2.24, 2.45) is 0 Å². The summed E-state index contributed by atoms with van der Waals surface area (Å²) in [4.78, 5) is 8.94. The summed E-state index contributed by atoms with van der Waals surface area (Å²) >= 11 is 0. The minimum Gasteiger partial charge on any atom is -0.385 e. The molecule has 1 fully saturated rings. The molecule has 0 aliphatic heterocycles. The third kappa shape index (κ3) is 4.94. The summed E-state index contributed by atoms with van der Waals surface area (Å²) in [6, 6.07) is 12.8. The van der Waals surface area contributed by atoms with Crippen molar-refractivity contribution in [1.29, 1.82) is 0 Å². The number of rotatable bonds is 9. The molecule has 1 aliphatic rings. The third-order valence-corrected chi connectivity index (χ3v) is 6.60. The summed E-state index contributed by atoms with van der Waals surface area (Å²) in [7, 11) is 1.75. The van der Waals surface area contributed by atoms with E-state index in [1.807, 2.05) is 30.7 Å². The molecule has 0 spiro atoms. The molecule has 0 amide bonds. The lowest BCUT2D eigenvalue weighted by Crippen LogP contribution is -2.15. The Labute approximate surface area is 200 Å². The van der Waals surface area contributed by atoms with Crippen molar-refractivity contribution < 1.29 is 9.26 Å². The molecular formula is C27H31N5O2. The minimum atomic E-state index is 0.393. The van der Waals surface area contributed by atoms with Crippen LogP contribution in [0.2, 0.25) is 0 Å². The first-order chi connectivity index (χ1) is 16.8. The molecule has 0 radical (unpaired) electrons. The molecule has 3 aromatic heterocycles. The van der Waals surface area contributed by atoms with Crippen molar-refractivity contribution in [3.63, 3.8) is 0 Å². The molecule has 5 rings (SSSR count). The number of aromatic nitrogens is 5. The molecule has 1 aliphatic carbocycles. The Kier molecular flexibility index (Phi) is 7.10. The van der Waals surface area contributed by atoms with Gasteiger partial charge >= 0.3 is 0 Å². The van der Waals surface area contributed by atoms with Gasteiger partial charge in [-0.2, -0.15) is 10.1 Å². The van der Waals surface area contributed by atoms with Crippen molar-refractivity contribution in [2.75, 3.05) is 13.7 Å². The van der Waals surface area contributed by atoms with Crippen LogP contribution in [0.25, 0.3) is 34.1 Å². The van der Waals surface area contributed by atoms with Gasteiger partial charge in [-0.3, -0.25) is 9.67 Å². The summed E-state index contributed by atoms with van der Waals surface area (Å²) in [5, 5.41) is 9.07. The van der Waals surface area contributed by atoms with Gasteiger partial charge in [-0.05, 0) is 49.8 Å². The topological polar surface area (TPSA) is 78.9 Å². The Hall–Kier alpha value is -3.32. The summed E-state index contributed by atoms with van der Waals surface area (Å²) in [6.07, 6.45) is 14.8. The lowest BCUT2D eigenvalue weighted by molar-refractivity contribution is 0.193. The molecule has 1 aromatic carbocycles. The van der Waals surface area contributed by atoms with E-state index in [1.165, 1.54) is 24.8 Å². The summed E-state index contributed by atoms with van der Waals surface area (Å²) in [6.45, 7) is 0.808. The zero-order valence-electron chi connectivity index (χ0n) is 19.7. The molecule has 1 saturated carbocycles. The first-order valence-electron chi connectivity index (χ1n) is 12.2. The maximum atomic E-state index is 5.75. The number of hydrogen-bond acceptors (Lipinski definition) is 6. The van der Waals surface area contributed by atoms with Crippen molar-refractivity contribution in [3.05, 3.63) is 60.6 Å². The van der Waals surface area contributed by atoms with Crippen LogP contribution in [-0.4, -0.2) is 38.6 Å². The van der Waals surface area contributed by atoms with Gasteiger partial charge in [-0.25, -0.2) is 0 Å². The average molecular weight is 458 g/mol. The van der Waals surface area contributed by atoms with Gasteiger partial charge in [0.2, 0.25) is 5.82 Å². The average Bonchev–Trinajstić information content (AvgIpc) is 3.56. The lowest BCUT2D eigenvalue weighted by Gasteiger charge is -2.24. The van der Waals surface area contributed by atoms with Crippen molar-refractivity contribution in [1.82, 2.24) is 24.9 Å². The molecule has 0 N–H and O–H groups in total. The van der Waals surface area contributed by atoms with Gasteiger partial charge in [0, 0.05) is 37.2 Å². The highest BCUT2D eigenvalue weighted by molar-refractivity contribution is 5.77. The number of benzene rings is 1. The lowest BCUT2D eigenvalue weighted by atomic mass is 9.95. The van der Waals surface area contributed by atoms with E-state index in [0.717, 1.165) is 61.1 Å². The summed E-state index contributed by atoms with van der Waals surface area (Å²) in [5.41, 5.74) is 5.20. The van der Waals surface area contributed by atoms with Crippen LogP contribution in [-0.2, 0) is 11.2 Å². The van der Waals surface area contributed by atoms with E-state index < -0.39 is 0 Å². The fraction of sp³-hybridized carbons (Fsp3) is 0.407. The number of ether oxygens (including phenoxy) is 1. The highest BCUT2D eigenvalue weighted by atomic mass is 16.5. The Morgan fingerprint density at radius 1 is 0.971 bits per heavy atom. The van der Waals surface area contributed by atoms with E-state index in [9.17, 15) is 0 Å². The Balaban J connectivity index is 1.41. The van der Waals surface area contributed by atoms with Gasteiger partial charge in [0.1, 0.15) is 0 Å². The molecule has 176 valence electrons. The Morgan fingerprint density at radius 2 is 1.76 bits per heavy atom. The first kappa shape index (κ1) is 22.5. The first-order valence-corrected chi connectivity index (χ1v) is 12.2. The van der Waals surface area contributed by atoms with Crippen LogP contribution >= 0.6 is 0 Å². The molecule has 0 unspecified atom stereocenters. The molecular weight excluding hydrogens is 426 g/mol. The fourth-order valence-electron chi connectivity index (χ4n) is 4.76. The maximum absolute atomic E-state index is 5.75. The highest BCUT2D eigenvalue weighted by Crippen LogP contribution is 2.37. The molecule has 0 atom stereocenters. The number of hydrogen-bond donors (Lipinski definition) is 0. The van der Waals surface area contributed by atoms with Gasteiger partial charge in [0.05, 0.1) is 23.5 Å². The smallest absolute Gasteiger partial charge is 0.262 e. The number of pyridine rings is 1. The number of unbranched alkanes of at least 4 members (excludes halogenated alkanes) is 1. The Bertz CT molecular complexity index is 1180. The largest absolute Gasteiger partial charge is 0.385 e. The normalized spacial score (nSPS) is 14.5. The highest BCUT2D eigenvalue weighted by Gasteiger charge is 2.25. The Morgan fingerprint density at radius 3 is 2.53 bits per heavy atom. The van der Waals surface area contributed by atoms with E-state index in [-0.39, 0.29) is 0 Å². The third-order valence-electron chi connectivity index (χ3n) is 6.60. The standard InChI is InChI=1S/C27H31N5O2/c1-33-18-6-5-7-20-10-12-22(13-11-20)26-30-27(34-31-26)24-19-29-32(23-8-3-2-4-9-23)25(24)21-14-16-28-17-15-21/h10-17,19,23H,2-9,18H2,1H3. The molecule has 4 aromatic rings. The fourth-order valence-corrected chi connectivity index (χ4v) is 4.76. The van der Waals surface area contributed by atoms with Gasteiger partial charge in [-0.1, -0.05) is 48.7 Å². The van der Waals surface area contributed by atoms with Gasteiger partial charge < -0.3 is 9.26 Å². The van der Waals surface area contributed by atoms with Crippen molar-refractivity contribution in [2.45, 2.75) is 57.4 Å². The quantitative estimate of drug-likeness (QED) is 0.281. The molecule has 3 heterocycles. The van der Waals surface area contributed by atoms with E-state index >= 15 is 0 Å². The van der Waals surface area contributed by atoms with Crippen molar-refractivity contribution >= 4 is 0 Å². The zero-order valence-corrected chi connectivity index (χ0v) is 19.7. The number of nitrogens with zero attached hydrogens (tertiary/aromatic N) is 5.